The lowest BCUT2D eigenvalue weighted by molar-refractivity contribution is -0.0168. The van der Waals surface area contributed by atoms with Gasteiger partial charge in [-0.1, -0.05) is 44.2 Å². The van der Waals surface area contributed by atoms with Crippen LogP contribution in [0.25, 0.3) is 5.70 Å². The van der Waals surface area contributed by atoms with E-state index in [0.29, 0.717) is 49.4 Å². The van der Waals surface area contributed by atoms with E-state index < -0.39 is 29.3 Å². The number of rotatable bonds is 4. The maximum Gasteiger partial charge on any atom is 0.410 e. The van der Waals surface area contributed by atoms with E-state index in [1.807, 2.05) is 72.9 Å². The first kappa shape index (κ1) is 32.8. The van der Waals surface area contributed by atoms with Crippen LogP contribution in [-0.2, 0) is 32.7 Å². The lowest BCUT2D eigenvalue weighted by Gasteiger charge is -2.48. The van der Waals surface area contributed by atoms with Crippen LogP contribution in [0.1, 0.15) is 92.9 Å². The van der Waals surface area contributed by atoms with Crippen LogP contribution < -0.4 is 0 Å². The summed E-state index contributed by atoms with van der Waals surface area (Å²) in [5.41, 5.74) is 4.45. The number of piperidine rings is 1. The van der Waals surface area contributed by atoms with E-state index in [9.17, 15) is 24.3 Å². The average Bonchev–Trinajstić information content (AvgIpc) is 3.01. The second-order valence-corrected chi connectivity index (χ2v) is 15.5. The number of hydrogen-bond acceptors (Lipinski definition) is 7. The summed E-state index contributed by atoms with van der Waals surface area (Å²) < 4.78 is 5.74. The van der Waals surface area contributed by atoms with Gasteiger partial charge in [-0.05, 0) is 87.1 Å². The van der Waals surface area contributed by atoms with Gasteiger partial charge in [-0.15, -0.1) is 0 Å². The van der Waals surface area contributed by atoms with Gasteiger partial charge in [0.25, 0.3) is 5.91 Å². The van der Waals surface area contributed by atoms with E-state index in [0.717, 1.165) is 47.9 Å². The Labute approximate surface area is 276 Å². The summed E-state index contributed by atoms with van der Waals surface area (Å²) in [6.45, 7) is 11.8. The van der Waals surface area contributed by atoms with E-state index in [4.69, 9.17) is 4.74 Å². The Hall–Kier alpha value is -4.16. The maximum absolute atomic E-state index is 13.6. The number of aliphatic hydroxyl groups excluding tert-OH is 1. The molecule has 1 spiro atoms. The van der Waals surface area contributed by atoms with Crippen molar-refractivity contribution in [2.45, 2.75) is 96.4 Å². The largest absolute Gasteiger partial charge is 0.444 e. The van der Waals surface area contributed by atoms with Crippen LogP contribution >= 0.6 is 0 Å². The van der Waals surface area contributed by atoms with Crippen LogP contribution in [0.2, 0.25) is 0 Å². The molecule has 248 valence electrons. The summed E-state index contributed by atoms with van der Waals surface area (Å²) >= 11 is 0. The van der Waals surface area contributed by atoms with Crippen LogP contribution in [0.15, 0.2) is 48.0 Å². The fraction of sp³-hybridized carbons (Fsp3) is 0.526. The molecular formula is C38H45N3O6. The highest BCUT2D eigenvalue weighted by Crippen LogP contribution is 2.51. The van der Waals surface area contributed by atoms with Gasteiger partial charge in [0.1, 0.15) is 17.2 Å². The van der Waals surface area contributed by atoms with Crippen molar-refractivity contribution in [3.63, 3.8) is 0 Å². The summed E-state index contributed by atoms with van der Waals surface area (Å²) in [6, 6.07) is 12.9. The number of ether oxygens (including phenoxy) is 1. The number of allylic oxidation sites excluding steroid dienone is 1. The SMILES string of the molecule is CC(C)(C)OC(=O)N1Cc2ccccc2C[C@H]1[C@H](O)CN1CC(C)(C)c2cc(C(=O)N3CCC4(CC3)CC(=C=O)C4)ccc2C1=C=O. The Morgan fingerprint density at radius 3 is 2.34 bits per heavy atom. The first-order valence-corrected chi connectivity index (χ1v) is 16.6. The van der Waals surface area contributed by atoms with Crippen LogP contribution in [-0.4, -0.2) is 87.6 Å². The fourth-order valence-electron chi connectivity index (χ4n) is 7.94. The number of β-amino-alcohol motifs (C(OH)–C–C–N with tert-alkyl or cyclic N) is 1. The zero-order valence-corrected chi connectivity index (χ0v) is 28.1. The predicted octanol–water partition coefficient (Wildman–Crippen LogP) is 4.95. The molecule has 0 radical (unpaired) electrons. The number of nitrogens with zero attached hydrogens (tertiary/aromatic N) is 3. The van der Waals surface area contributed by atoms with Gasteiger partial charge >= 0.3 is 6.09 Å². The predicted molar refractivity (Wildman–Crippen MR) is 178 cm³/mol. The molecule has 2 amide bonds. The molecule has 2 aromatic rings. The summed E-state index contributed by atoms with van der Waals surface area (Å²) in [5.74, 6) is 4.15. The molecule has 1 saturated heterocycles. The summed E-state index contributed by atoms with van der Waals surface area (Å²) in [6.07, 6.45) is 2.36. The molecule has 1 aliphatic carbocycles. The monoisotopic (exact) mass is 639 g/mol. The lowest BCUT2D eigenvalue weighted by Crippen LogP contribution is -2.55. The van der Waals surface area contributed by atoms with Gasteiger partial charge < -0.3 is 19.6 Å². The van der Waals surface area contributed by atoms with Crippen LogP contribution in [0.3, 0.4) is 0 Å². The molecule has 47 heavy (non-hydrogen) atoms. The normalized spacial score (nSPS) is 22.0. The summed E-state index contributed by atoms with van der Waals surface area (Å²) in [4.78, 5) is 55.8. The lowest BCUT2D eigenvalue weighted by atomic mass is 9.61. The Kier molecular flexibility index (Phi) is 8.46. The highest BCUT2D eigenvalue weighted by molar-refractivity contribution is 5.96. The topological polar surface area (TPSA) is 107 Å². The van der Waals surface area contributed by atoms with Gasteiger partial charge in [0.05, 0.1) is 12.1 Å². The molecule has 3 heterocycles. The Morgan fingerprint density at radius 2 is 1.70 bits per heavy atom. The summed E-state index contributed by atoms with van der Waals surface area (Å²) in [7, 11) is 0. The molecular weight excluding hydrogens is 594 g/mol. The minimum absolute atomic E-state index is 0.0294. The van der Waals surface area contributed by atoms with Gasteiger partial charge in [-0.25, -0.2) is 14.4 Å². The first-order chi connectivity index (χ1) is 22.2. The number of carbonyl (C=O) groups is 2. The molecule has 0 unspecified atom stereocenters. The molecule has 4 aliphatic rings. The van der Waals surface area contributed by atoms with Gasteiger partial charge in [-0.2, -0.15) is 0 Å². The van der Waals surface area contributed by atoms with Crippen LogP contribution in [0.5, 0.6) is 0 Å². The van der Waals surface area contributed by atoms with E-state index in [1.54, 1.807) is 11.0 Å². The smallest absolute Gasteiger partial charge is 0.410 e. The molecule has 2 fully saturated rings. The number of carbonyl (C=O) groups excluding carboxylic acids is 4. The molecule has 9 heteroatoms. The van der Waals surface area contributed by atoms with Crippen molar-refractivity contribution in [2.75, 3.05) is 26.2 Å². The molecule has 1 N–H and O–H groups in total. The van der Waals surface area contributed by atoms with E-state index in [1.165, 1.54) is 0 Å². The highest BCUT2D eigenvalue weighted by Gasteiger charge is 2.45. The quantitative estimate of drug-likeness (QED) is 0.472. The van der Waals surface area contributed by atoms with E-state index in [2.05, 4.69) is 19.8 Å². The van der Waals surface area contributed by atoms with Crippen molar-refractivity contribution >= 4 is 29.6 Å². The minimum atomic E-state index is -0.978. The highest BCUT2D eigenvalue weighted by atomic mass is 16.6. The Morgan fingerprint density at radius 1 is 1.02 bits per heavy atom. The van der Waals surface area contributed by atoms with Crippen molar-refractivity contribution in [3.8, 4) is 0 Å². The van der Waals surface area contributed by atoms with Crippen molar-refractivity contribution in [1.29, 1.82) is 0 Å². The number of likely N-dealkylation sites (tertiary alicyclic amines) is 1. The van der Waals surface area contributed by atoms with Crippen molar-refractivity contribution in [2.24, 2.45) is 5.41 Å². The van der Waals surface area contributed by atoms with Gasteiger partial charge in [0.15, 0.2) is 5.94 Å². The average molecular weight is 640 g/mol. The standard InChI is InChI=1S/C38H45N3O6/c1-36(2,3)47-35(46)41-20-28-9-7-6-8-26(28)17-31(41)33(44)21-40-24-37(4,5)30-16-27(10-11-29(30)32(40)23-43)34(45)39-14-12-38(13-15-39)18-25(19-38)22-42/h6-11,16,31,33,44H,12-15,17-21,24H2,1-5H3/t31-,33+/m0/s1. The zero-order valence-electron chi connectivity index (χ0n) is 28.1. The number of hydrogen-bond donors (Lipinski definition) is 1. The third kappa shape index (κ3) is 6.40. The van der Waals surface area contributed by atoms with Crippen molar-refractivity contribution in [1.82, 2.24) is 14.7 Å². The molecule has 0 aromatic heterocycles. The Balaban J connectivity index is 1.20. The number of fused-ring (bicyclic) bond motifs is 2. The van der Waals surface area contributed by atoms with E-state index in [-0.39, 0.29) is 17.9 Å². The number of aliphatic hydroxyl groups is 1. The summed E-state index contributed by atoms with van der Waals surface area (Å²) in [5, 5.41) is 11.7. The fourth-order valence-corrected chi connectivity index (χ4v) is 7.94. The van der Waals surface area contributed by atoms with Crippen molar-refractivity contribution in [3.05, 3.63) is 75.9 Å². The molecule has 2 aromatic carbocycles. The number of amides is 2. The third-order valence-electron chi connectivity index (χ3n) is 10.5. The molecule has 1 saturated carbocycles. The second kappa shape index (κ2) is 12.1. The molecule has 9 nitrogen and oxygen atoms in total. The molecule has 0 bridgehead atoms. The van der Waals surface area contributed by atoms with Crippen LogP contribution in [0.4, 0.5) is 4.79 Å². The van der Waals surface area contributed by atoms with E-state index >= 15 is 0 Å². The molecule has 2 atom stereocenters. The third-order valence-corrected chi connectivity index (χ3v) is 10.5. The van der Waals surface area contributed by atoms with Gasteiger partial charge in [0, 0.05) is 54.8 Å². The molecule has 3 aliphatic heterocycles. The van der Waals surface area contributed by atoms with Gasteiger partial charge in [0.2, 0.25) is 0 Å². The number of benzene rings is 2. The Bertz CT molecular complexity index is 1670. The van der Waals surface area contributed by atoms with Gasteiger partial charge in [-0.3, -0.25) is 9.69 Å². The first-order valence-electron chi connectivity index (χ1n) is 16.6. The minimum Gasteiger partial charge on any atom is -0.444 e. The van der Waals surface area contributed by atoms with Crippen LogP contribution in [0, 0.1) is 5.41 Å². The van der Waals surface area contributed by atoms with Crippen molar-refractivity contribution < 1.29 is 29.0 Å². The second-order valence-electron chi connectivity index (χ2n) is 15.5. The zero-order chi connectivity index (χ0) is 33.7. The maximum atomic E-state index is 13.6. The molecule has 6 rings (SSSR count).